The molecule has 2 aromatic heterocycles. The van der Waals surface area contributed by atoms with Gasteiger partial charge in [0.15, 0.2) is 0 Å². The van der Waals surface area contributed by atoms with Crippen molar-refractivity contribution < 1.29 is 19.0 Å². The fraction of sp³-hybridized carbons (Fsp3) is 0.273. The Hall–Kier alpha value is -3.72. The van der Waals surface area contributed by atoms with E-state index in [2.05, 4.69) is 20.3 Å². The van der Waals surface area contributed by atoms with E-state index in [0.29, 0.717) is 42.0 Å². The van der Waals surface area contributed by atoms with E-state index in [4.69, 9.17) is 19.9 Å². The Morgan fingerprint density at radius 1 is 1.13 bits per heavy atom. The minimum atomic E-state index is -0.517. The van der Waals surface area contributed by atoms with Crippen molar-refractivity contribution in [3.8, 4) is 17.0 Å². The first-order valence-electron chi connectivity index (χ1n) is 9.91. The van der Waals surface area contributed by atoms with Crippen LogP contribution >= 0.6 is 0 Å². The van der Waals surface area contributed by atoms with E-state index in [-0.39, 0.29) is 11.8 Å². The molecule has 3 heterocycles. The molecular formula is C22H23N5O4. The number of nitrogen functional groups attached to an aromatic ring is 1. The third-order valence-electron chi connectivity index (χ3n) is 4.83. The zero-order valence-corrected chi connectivity index (χ0v) is 17.1. The lowest BCUT2D eigenvalue weighted by atomic mass is 10.1. The average Bonchev–Trinajstić information content (AvgIpc) is 2.81. The van der Waals surface area contributed by atoms with Gasteiger partial charge >= 0.3 is 5.97 Å². The topological polar surface area (TPSA) is 121 Å². The summed E-state index contributed by atoms with van der Waals surface area (Å²) >= 11 is 0. The van der Waals surface area contributed by atoms with Crippen molar-refractivity contribution in [3.63, 3.8) is 0 Å². The van der Waals surface area contributed by atoms with Gasteiger partial charge in [-0.15, -0.1) is 0 Å². The summed E-state index contributed by atoms with van der Waals surface area (Å²) in [6.07, 6.45) is 4.99. The molecule has 1 aliphatic heterocycles. The summed E-state index contributed by atoms with van der Waals surface area (Å²) in [5.41, 5.74) is 9.13. The molecular weight excluding hydrogens is 398 g/mol. The molecule has 9 heteroatoms. The molecule has 0 amide bonds. The van der Waals surface area contributed by atoms with Crippen molar-refractivity contribution in [1.29, 1.82) is 0 Å². The Bertz CT molecular complexity index is 1070. The van der Waals surface area contributed by atoms with Gasteiger partial charge in [0.05, 0.1) is 31.7 Å². The van der Waals surface area contributed by atoms with Crippen LogP contribution in [0.5, 0.6) is 5.75 Å². The first kappa shape index (κ1) is 20.5. The number of methoxy groups -OCH3 is 1. The van der Waals surface area contributed by atoms with Crippen LogP contribution in [0.3, 0.4) is 0 Å². The zero-order chi connectivity index (χ0) is 21.6. The van der Waals surface area contributed by atoms with E-state index >= 15 is 0 Å². The van der Waals surface area contributed by atoms with E-state index in [1.165, 1.54) is 13.3 Å². The number of hydrogen-bond acceptors (Lipinski definition) is 9. The first-order chi connectivity index (χ1) is 15.1. The monoisotopic (exact) mass is 421 g/mol. The van der Waals surface area contributed by atoms with Gasteiger partial charge in [0.1, 0.15) is 17.5 Å². The molecule has 1 saturated heterocycles. The Balaban J connectivity index is 1.50. The van der Waals surface area contributed by atoms with E-state index in [1.807, 2.05) is 18.2 Å². The second-order valence-corrected chi connectivity index (χ2v) is 6.99. The number of carbonyl (C=O) groups is 1. The van der Waals surface area contributed by atoms with Crippen molar-refractivity contribution in [3.05, 3.63) is 54.5 Å². The molecule has 0 radical (unpaired) electrons. The van der Waals surface area contributed by atoms with E-state index in [9.17, 15) is 4.79 Å². The van der Waals surface area contributed by atoms with Crippen LogP contribution in [0.15, 0.2) is 48.8 Å². The minimum Gasteiger partial charge on any atom is -0.488 e. The predicted molar refractivity (Wildman–Crippen MR) is 115 cm³/mol. The average molecular weight is 421 g/mol. The van der Waals surface area contributed by atoms with Crippen LogP contribution in [-0.2, 0) is 9.47 Å². The lowest BCUT2D eigenvalue weighted by Crippen LogP contribution is -2.26. The lowest BCUT2D eigenvalue weighted by molar-refractivity contribution is 0.0258. The summed E-state index contributed by atoms with van der Waals surface area (Å²) in [6.45, 7) is 1.41. The Labute approximate surface area is 179 Å². The fourth-order valence-corrected chi connectivity index (χ4v) is 3.22. The standard InChI is InChI=1S/C22H23N5O4/c1-29-21(28)19-13-15(4-8-24-19)26-22-25-9-5-18(27-22)14-2-3-20(17(23)12-14)31-16-6-10-30-11-7-16/h2-5,8-9,12-13,16H,6-7,10-11,23H2,1H3,(H,24,25,26,27). The Morgan fingerprint density at radius 2 is 1.94 bits per heavy atom. The van der Waals surface area contributed by atoms with Gasteiger partial charge in [-0.25, -0.2) is 19.7 Å². The van der Waals surface area contributed by atoms with Crippen LogP contribution in [0.1, 0.15) is 23.3 Å². The molecule has 0 atom stereocenters. The number of nitrogens with zero attached hydrogens (tertiary/aromatic N) is 3. The lowest BCUT2D eigenvalue weighted by Gasteiger charge is -2.24. The number of rotatable bonds is 6. The van der Waals surface area contributed by atoms with E-state index in [1.54, 1.807) is 24.4 Å². The number of esters is 1. The normalized spacial score (nSPS) is 14.1. The predicted octanol–water partition coefficient (Wildman–Crippen LogP) is 3.21. The molecule has 1 fully saturated rings. The van der Waals surface area contributed by atoms with Crippen LogP contribution in [0.25, 0.3) is 11.3 Å². The fourth-order valence-electron chi connectivity index (χ4n) is 3.22. The smallest absolute Gasteiger partial charge is 0.356 e. The third-order valence-corrected chi connectivity index (χ3v) is 4.83. The van der Waals surface area contributed by atoms with Gasteiger partial charge in [0.25, 0.3) is 0 Å². The highest BCUT2D eigenvalue weighted by Gasteiger charge is 2.17. The minimum absolute atomic E-state index is 0.118. The van der Waals surface area contributed by atoms with Gasteiger partial charge in [0, 0.05) is 36.5 Å². The largest absolute Gasteiger partial charge is 0.488 e. The summed E-state index contributed by atoms with van der Waals surface area (Å²) in [5.74, 6) is 0.521. The molecule has 4 rings (SSSR count). The molecule has 0 saturated carbocycles. The van der Waals surface area contributed by atoms with Gasteiger partial charge in [-0.3, -0.25) is 0 Å². The van der Waals surface area contributed by atoms with Gasteiger partial charge in [-0.05, 0) is 36.4 Å². The van der Waals surface area contributed by atoms with Crippen molar-refractivity contribution in [2.24, 2.45) is 0 Å². The van der Waals surface area contributed by atoms with Crippen molar-refractivity contribution in [2.45, 2.75) is 18.9 Å². The summed E-state index contributed by atoms with van der Waals surface area (Å²) in [7, 11) is 1.31. The number of nitrogens with one attached hydrogen (secondary N) is 1. The molecule has 0 bridgehead atoms. The summed E-state index contributed by atoms with van der Waals surface area (Å²) in [5, 5.41) is 3.08. The number of hydrogen-bond donors (Lipinski definition) is 2. The van der Waals surface area contributed by atoms with Gasteiger partial charge < -0.3 is 25.3 Å². The second-order valence-electron chi connectivity index (χ2n) is 6.99. The highest BCUT2D eigenvalue weighted by Crippen LogP contribution is 2.30. The molecule has 0 spiro atoms. The summed E-state index contributed by atoms with van der Waals surface area (Å²) < 4.78 is 16.1. The van der Waals surface area contributed by atoms with Crippen LogP contribution in [0.2, 0.25) is 0 Å². The number of pyridine rings is 1. The maximum absolute atomic E-state index is 11.7. The molecule has 3 N–H and O–H groups in total. The highest BCUT2D eigenvalue weighted by atomic mass is 16.5. The van der Waals surface area contributed by atoms with Crippen molar-refractivity contribution in [1.82, 2.24) is 15.0 Å². The number of ether oxygens (including phenoxy) is 3. The molecule has 1 aromatic carbocycles. The molecule has 1 aliphatic rings. The van der Waals surface area contributed by atoms with Crippen molar-refractivity contribution >= 4 is 23.3 Å². The molecule has 9 nitrogen and oxygen atoms in total. The number of aromatic nitrogens is 3. The Morgan fingerprint density at radius 3 is 2.71 bits per heavy atom. The third kappa shape index (κ3) is 5.07. The Kier molecular flexibility index (Phi) is 6.23. The van der Waals surface area contributed by atoms with Crippen LogP contribution in [0, 0.1) is 0 Å². The van der Waals surface area contributed by atoms with Crippen LogP contribution in [-0.4, -0.2) is 47.3 Å². The number of nitrogens with two attached hydrogens (primary N) is 1. The quantitative estimate of drug-likeness (QED) is 0.456. The number of anilines is 3. The molecule has 0 unspecified atom stereocenters. The highest BCUT2D eigenvalue weighted by molar-refractivity contribution is 5.88. The first-order valence-corrected chi connectivity index (χ1v) is 9.91. The van der Waals surface area contributed by atoms with Gasteiger partial charge in [0.2, 0.25) is 5.95 Å². The molecule has 31 heavy (non-hydrogen) atoms. The second kappa shape index (κ2) is 9.40. The maximum Gasteiger partial charge on any atom is 0.356 e. The number of carbonyl (C=O) groups excluding carboxylic acids is 1. The van der Waals surface area contributed by atoms with E-state index < -0.39 is 5.97 Å². The SMILES string of the molecule is COC(=O)c1cc(Nc2nccc(-c3ccc(OC4CCOCC4)c(N)c3)n2)ccn1. The zero-order valence-electron chi connectivity index (χ0n) is 17.1. The van der Waals surface area contributed by atoms with E-state index in [0.717, 1.165) is 18.4 Å². The summed E-state index contributed by atoms with van der Waals surface area (Å²) in [6, 6.07) is 10.7. The summed E-state index contributed by atoms with van der Waals surface area (Å²) in [4.78, 5) is 24.5. The van der Waals surface area contributed by atoms with Gasteiger partial charge in [-0.2, -0.15) is 0 Å². The van der Waals surface area contributed by atoms with Crippen LogP contribution in [0.4, 0.5) is 17.3 Å². The molecule has 160 valence electrons. The molecule has 3 aromatic rings. The van der Waals surface area contributed by atoms with Crippen molar-refractivity contribution in [2.75, 3.05) is 31.4 Å². The van der Waals surface area contributed by atoms with Crippen LogP contribution < -0.4 is 15.8 Å². The number of benzene rings is 1. The molecule has 0 aliphatic carbocycles. The maximum atomic E-state index is 11.7. The van der Waals surface area contributed by atoms with Gasteiger partial charge in [-0.1, -0.05) is 0 Å².